The van der Waals surface area contributed by atoms with Crippen LogP contribution < -0.4 is 5.32 Å². The van der Waals surface area contributed by atoms with Crippen molar-refractivity contribution in [3.05, 3.63) is 35.4 Å². The lowest BCUT2D eigenvalue weighted by Crippen LogP contribution is -2.42. The van der Waals surface area contributed by atoms with Crippen molar-refractivity contribution in [2.75, 3.05) is 5.75 Å². The van der Waals surface area contributed by atoms with Crippen molar-refractivity contribution in [3.8, 4) is 0 Å². The van der Waals surface area contributed by atoms with E-state index in [2.05, 4.69) is 22.9 Å². The van der Waals surface area contributed by atoms with Gasteiger partial charge in [-0.1, -0.05) is 12.1 Å². The van der Waals surface area contributed by atoms with Gasteiger partial charge in [-0.15, -0.1) is 0 Å². The molecule has 0 radical (unpaired) electrons. The zero-order valence-corrected chi connectivity index (χ0v) is 13.2. The number of carbonyl (C=O) groups excluding carboxylic acids is 2. The Kier molecular flexibility index (Phi) is 6.30. The third-order valence-electron chi connectivity index (χ3n) is 2.79. The van der Waals surface area contributed by atoms with E-state index in [4.69, 9.17) is 5.11 Å². The Morgan fingerprint density at radius 2 is 1.95 bits per heavy atom. The summed E-state index contributed by atoms with van der Waals surface area (Å²) in [6.45, 7) is 3.36. The maximum atomic E-state index is 11.9. The lowest BCUT2D eigenvalue weighted by Gasteiger charge is -2.12. The van der Waals surface area contributed by atoms with Crippen LogP contribution in [0.1, 0.15) is 29.8 Å². The first-order chi connectivity index (χ1) is 10.3. The third-order valence-corrected chi connectivity index (χ3v) is 3.16. The van der Waals surface area contributed by atoms with Crippen LogP contribution in [0.5, 0.6) is 0 Å². The average molecular weight is 322 g/mol. The van der Waals surface area contributed by atoms with Crippen LogP contribution in [0.3, 0.4) is 0 Å². The number of nitrogens with zero attached hydrogens (tertiary/aromatic N) is 1. The minimum absolute atomic E-state index is 0.00654. The number of hydrogen-bond acceptors (Lipinski definition) is 5. The molecule has 0 aliphatic rings. The van der Waals surface area contributed by atoms with E-state index in [9.17, 15) is 14.4 Å². The minimum atomic E-state index is -1.14. The first kappa shape index (κ1) is 17.9. The van der Waals surface area contributed by atoms with Crippen molar-refractivity contribution >= 4 is 37.0 Å². The molecular formula is C15H18N2O4S. The highest BCUT2D eigenvalue weighted by molar-refractivity contribution is 7.80. The number of nitrogens with one attached hydrogen (secondary N) is 1. The van der Waals surface area contributed by atoms with Crippen LogP contribution in [0.25, 0.3) is 0 Å². The summed E-state index contributed by atoms with van der Waals surface area (Å²) in [4.78, 5) is 37.6. The van der Waals surface area contributed by atoms with Crippen LogP contribution in [-0.4, -0.2) is 46.8 Å². The molecule has 1 rings (SSSR count). The van der Waals surface area contributed by atoms with E-state index >= 15 is 0 Å². The second-order valence-electron chi connectivity index (χ2n) is 5.20. The number of carbonyl (C=O) groups is 3. The van der Waals surface area contributed by atoms with Gasteiger partial charge in [0, 0.05) is 17.5 Å². The molecule has 1 aromatic rings. The molecule has 1 atom stereocenters. The molecule has 0 bridgehead atoms. The second kappa shape index (κ2) is 7.74. The molecule has 2 N–H and O–H groups in total. The normalized spacial score (nSPS) is 12.9. The van der Waals surface area contributed by atoms with Gasteiger partial charge in [0.05, 0.1) is 0 Å². The zero-order valence-electron chi connectivity index (χ0n) is 12.3. The number of carboxylic acids is 1. The van der Waals surface area contributed by atoms with Crippen molar-refractivity contribution < 1.29 is 19.5 Å². The predicted octanol–water partition coefficient (Wildman–Crippen LogP) is 1.20. The average Bonchev–Trinajstić information content (AvgIpc) is 2.50. The maximum absolute atomic E-state index is 11.9. The molecule has 0 heterocycles. The molecule has 0 aromatic heterocycles. The van der Waals surface area contributed by atoms with Crippen molar-refractivity contribution in [1.29, 1.82) is 0 Å². The number of carboxylic acid groups (broad SMARTS) is 1. The smallest absolute Gasteiger partial charge is 0.327 e. The van der Waals surface area contributed by atoms with Gasteiger partial charge in [-0.05, 0) is 31.5 Å². The van der Waals surface area contributed by atoms with Crippen molar-refractivity contribution in [2.24, 2.45) is 4.99 Å². The van der Waals surface area contributed by atoms with Crippen LogP contribution in [0, 0.1) is 0 Å². The van der Waals surface area contributed by atoms with Crippen LogP contribution >= 0.6 is 12.6 Å². The molecule has 0 aliphatic carbocycles. The molecule has 22 heavy (non-hydrogen) atoms. The van der Waals surface area contributed by atoms with Gasteiger partial charge in [-0.3, -0.25) is 9.79 Å². The monoisotopic (exact) mass is 322 g/mol. The Morgan fingerprint density at radius 1 is 1.36 bits per heavy atom. The third kappa shape index (κ3) is 5.33. The number of thiol groups is 1. The highest BCUT2D eigenvalue weighted by Gasteiger charge is 2.18. The lowest BCUT2D eigenvalue weighted by atomic mass is 10.1. The van der Waals surface area contributed by atoms with E-state index in [0.717, 1.165) is 11.8 Å². The molecule has 0 saturated carbocycles. The Hall–Kier alpha value is -2.15. The molecule has 0 fully saturated rings. The molecule has 6 nitrogen and oxygen atoms in total. The van der Waals surface area contributed by atoms with Crippen molar-refractivity contribution in [3.63, 3.8) is 0 Å². The number of rotatable bonds is 7. The zero-order chi connectivity index (χ0) is 16.8. The first-order valence-electron chi connectivity index (χ1n) is 6.55. The maximum Gasteiger partial charge on any atom is 0.327 e. The van der Waals surface area contributed by atoms with E-state index in [1.54, 1.807) is 44.3 Å². The molecule has 118 valence electrons. The SMILES string of the molecule is CC(C)(C=O)/N=C\c1ccc(C(=O)NC(CS)C(=O)O)cc1. The van der Waals surface area contributed by atoms with Crippen LogP contribution in [0.2, 0.25) is 0 Å². The summed E-state index contributed by atoms with van der Waals surface area (Å²) >= 11 is 3.88. The van der Waals surface area contributed by atoms with E-state index in [1.807, 2.05) is 0 Å². The minimum Gasteiger partial charge on any atom is -0.480 e. The fraction of sp³-hybridized carbons (Fsp3) is 0.333. The molecule has 7 heteroatoms. The van der Waals surface area contributed by atoms with Gasteiger partial charge in [0.1, 0.15) is 17.9 Å². The standard InChI is InChI=1S/C15H18N2O4S/c1-15(2,9-18)16-7-10-3-5-11(6-4-10)13(19)17-12(8-22)14(20)21/h3-7,9,12,22H,8H2,1-2H3,(H,17,19)(H,20,21)/b16-7-. The van der Waals surface area contributed by atoms with E-state index in [0.29, 0.717) is 5.56 Å². The fourth-order valence-corrected chi connectivity index (χ4v) is 1.67. The van der Waals surface area contributed by atoms with Crippen LogP contribution in [0.15, 0.2) is 29.3 Å². The Morgan fingerprint density at radius 3 is 2.41 bits per heavy atom. The van der Waals surface area contributed by atoms with Gasteiger partial charge in [0.2, 0.25) is 0 Å². The number of aldehydes is 1. The van der Waals surface area contributed by atoms with Gasteiger partial charge >= 0.3 is 5.97 Å². The van der Waals surface area contributed by atoms with Crippen LogP contribution in [-0.2, 0) is 9.59 Å². The van der Waals surface area contributed by atoms with E-state index < -0.39 is 23.5 Å². The first-order valence-corrected chi connectivity index (χ1v) is 7.18. The molecular weight excluding hydrogens is 304 g/mol. The van der Waals surface area contributed by atoms with E-state index in [1.165, 1.54) is 0 Å². The van der Waals surface area contributed by atoms with Gasteiger partial charge in [0.15, 0.2) is 0 Å². The van der Waals surface area contributed by atoms with Gasteiger partial charge in [-0.25, -0.2) is 4.79 Å². The number of aliphatic imine (C=N–C) groups is 1. The predicted molar refractivity (Wildman–Crippen MR) is 86.9 cm³/mol. The van der Waals surface area contributed by atoms with Gasteiger partial charge in [-0.2, -0.15) is 12.6 Å². The van der Waals surface area contributed by atoms with Crippen LogP contribution in [0.4, 0.5) is 0 Å². The highest BCUT2D eigenvalue weighted by Crippen LogP contribution is 2.07. The lowest BCUT2D eigenvalue weighted by molar-refractivity contribution is -0.138. The summed E-state index contributed by atoms with van der Waals surface area (Å²) in [5, 5.41) is 11.2. The second-order valence-corrected chi connectivity index (χ2v) is 5.56. The Balaban J connectivity index is 2.78. The summed E-state index contributed by atoms with van der Waals surface area (Å²) in [6.07, 6.45) is 2.29. The Labute approximate surface area is 134 Å². The van der Waals surface area contributed by atoms with Crippen molar-refractivity contribution in [2.45, 2.75) is 25.4 Å². The molecule has 0 spiro atoms. The van der Waals surface area contributed by atoms with Gasteiger partial charge in [0.25, 0.3) is 5.91 Å². The fourth-order valence-electron chi connectivity index (χ4n) is 1.42. The largest absolute Gasteiger partial charge is 0.480 e. The van der Waals surface area contributed by atoms with Gasteiger partial charge < -0.3 is 15.2 Å². The summed E-state index contributed by atoms with van der Waals surface area (Å²) in [7, 11) is 0. The summed E-state index contributed by atoms with van der Waals surface area (Å²) in [5.74, 6) is -1.62. The molecule has 1 aromatic carbocycles. The summed E-state index contributed by atoms with van der Waals surface area (Å²) < 4.78 is 0. The number of benzene rings is 1. The number of aliphatic carboxylic acids is 1. The number of amides is 1. The van der Waals surface area contributed by atoms with E-state index in [-0.39, 0.29) is 5.75 Å². The summed E-state index contributed by atoms with van der Waals surface area (Å²) in [5.41, 5.74) is 0.271. The Bertz CT molecular complexity index is 582. The summed E-state index contributed by atoms with van der Waals surface area (Å²) in [6, 6.07) is 5.40. The quantitative estimate of drug-likeness (QED) is 0.399. The molecule has 1 amide bonds. The highest BCUT2D eigenvalue weighted by atomic mass is 32.1. The van der Waals surface area contributed by atoms with Crippen molar-refractivity contribution in [1.82, 2.24) is 5.32 Å². The number of hydrogen-bond donors (Lipinski definition) is 3. The molecule has 0 aliphatic heterocycles. The topological polar surface area (TPSA) is 95.8 Å². The molecule has 1 unspecified atom stereocenters. The molecule has 0 saturated heterocycles.